The summed E-state index contributed by atoms with van der Waals surface area (Å²) in [6.45, 7) is 7.90. The van der Waals surface area contributed by atoms with Crippen LogP contribution < -0.4 is 15.7 Å². The van der Waals surface area contributed by atoms with Crippen LogP contribution in [0.2, 0.25) is 0 Å². The summed E-state index contributed by atoms with van der Waals surface area (Å²) in [5.74, 6) is 0.344. The summed E-state index contributed by atoms with van der Waals surface area (Å²) >= 11 is 0. The second-order valence-electron chi connectivity index (χ2n) is 11.0. The van der Waals surface area contributed by atoms with Gasteiger partial charge in [-0.15, -0.1) is 0 Å². The molecule has 2 aliphatic rings. The number of aryl methyl sites for hydroxylation is 2. The Balaban J connectivity index is 1.38. The molecule has 1 N–H and O–H groups in total. The largest absolute Gasteiger partial charge is 0.444 e. The van der Waals surface area contributed by atoms with Crippen LogP contribution in [0.5, 0.6) is 5.75 Å². The molecular formula is C28H37NO6. The van der Waals surface area contributed by atoms with Crippen LogP contribution in [0.15, 0.2) is 21.3 Å². The first-order chi connectivity index (χ1) is 16.6. The summed E-state index contributed by atoms with van der Waals surface area (Å²) in [6.07, 6.45) is 7.54. The van der Waals surface area contributed by atoms with Crippen LogP contribution in [0.4, 0.5) is 4.79 Å². The third-order valence-electron chi connectivity index (χ3n) is 7.16. The number of rotatable bonds is 4. The van der Waals surface area contributed by atoms with Crippen LogP contribution in [0.25, 0.3) is 11.0 Å². The Morgan fingerprint density at radius 1 is 1.03 bits per heavy atom. The molecular weight excluding hydrogens is 446 g/mol. The van der Waals surface area contributed by atoms with Crippen LogP contribution in [-0.4, -0.2) is 24.2 Å². The number of carbonyl (C=O) groups is 2. The molecule has 190 valence electrons. The number of carbonyl (C=O) groups excluding carboxylic acids is 2. The van der Waals surface area contributed by atoms with Crippen molar-refractivity contribution >= 4 is 23.0 Å². The lowest BCUT2D eigenvalue weighted by atomic mass is 9.82. The van der Waals surface area contributed by atoms with E-state index in [1.54, 1.807) is 0 Å². The first-order valence-electron chi connectivity index (χ1n) is 12.9. The summed E-state index contributed by atoms with van der Waals surface area (Å²) in [5.41, 5.74) is 2.32. The third kappa shape index (κ3) is 6.06. The summed E-state index contributed by atoms with van der Waals surface area (Å²) in [5, 5.41) is 3.79. The minimum absolute atomic E-state index is 0.179. The zero-order valence-electron chi connectivity index (χ0n) is 21.3. The zero-order chi connectivity index (χ0) is 25.2. The summed E-state index contributed by atoms with van der Waals surface area (Å²) in [7, 11) is 0. The fourth-order valence-corrected chi connectivity index (χ4v) is 5.25. The Morgan fingerprint density at radius 3 is 2.40 bits per heavy atom. The van der Waals surface area contributed by atoms with Crippen LogP contribution in [0.1, 0.15) is 82.4 Å². The highest BCUT2D eigenvalue weighted by atomic mass is 16.6. The molecule has 0 spiro atoms. The van der Waals surface area contributed by atoms with E-state index in [9.17, 15) is 14.4 Å². The molecule has 0 radical (unpaired) electrons. The number of benzene rings is 1. The van der Waals surface area contributed by atoms with E-state index in [1.165, 1.54) is 0 Å². The SMILES string of the molecule is Cc1c(OC(=O)C2CCC(CNC(=O)OC(C)(C)C)CC2)ccc2c3c(c(=O)oc12)CCCCC3. The number of ether oxygens (including phenoxy) is 2. The van der Waals surface area contributed by atoms with Crippen molar-refractivity contribution in [3.63, 3.8) is 0 Å². The van der Waals surface area contributed by atoms with Gasteiger partial charge in [0.1, 0.15) is 16.9 Å². The number of esters is 1. The Kier molecular flexibility index (Phi) is 7.53. The highest BCUT2D eigenvalue weighted by molar-refractivity contribution is 5.87. The normalized spacial score (nSPS) is 20.6. The molecule has 0 aliphatic heterocycles. The molecule has 0 saturated heterocycles. The molecule has 1 aromatic heterocycles. The van der Waals surface area contributed by atoms with E-state index in [-0.39, 0.29) is 17.5 Å². The fourth-order valence-electron chi connectivity index (χ4n) is 5.25. The van der Waals surface area contributed by atoms with Gasteiger partial charge in [0.25, 0.3) is 0 Å². The Bertz CT molecular complexity index is 1150. The molecule has 4 rings (SSSR count). The quantitative estimate of drug-likeness (QED) is 0.263. The van der Waals surface area contributed by atoms with Crippen molar-refractivity contribution in [3.05, 3.63) is 39.2 Å². The summed E-state index contributed by atoms with van der Waals surface area (Å²) in [4.78, 5) is 37.5. The minimum atomic E-state index is -0.520. The highest BCUT2D eigenvalue weighted by Gasteiger charge is 2.29. The molecule has 2 aromatic rings. The van der Waals surface area contributed by atoms with Gasteiger partial charge in [0.2, 0.25) is 0 Å². The standard InChI is InChI=1S/C28H37NO6/c1-17-23(15-14-21-20-8-6-5-7-9-22(20)26(31)34-24(17)21)33-25(30)19-12-10-18(11-13-19)16-29-27(32)35-28(2,3)4/h14-15,18-19H,5-13,16H2,1-4H3,(H,29,32). The summed E-state index contributed by atoms with van der Waals surface area (Å²) in [6, 6.07) is 3.76. The van der Waals surface area contributed by atoms with Crippen molar-refractivity contribution in [2.75, 3.05) is 6.54 Å². The molecule has 1 aromatic carbocycles. The van der Waals surface area contributed by atoms with Crippen molar-refractivity contribution in [1.29, 1.82) is 0 Å². The maximum Gasteiger partial charge on any atom is 0.407 e. The van der Waals surface area contributed by atoms with Gasteiger partial charge in [0.15, 0.2) is 0 Å². The lowest BCUT2D eigenvalue weighted by Gasteiger charge is -2.28. The van der Waals surface area contributed by atoms with Gasteiger partial charge in [-0.25, -0.2) is 9.59 Å². The first-order valence-corrected chi connectivity index (χ1v) is 12.9. The van der Waals surface area contributed by atoms with Crippen LogP contribution in [-0.2, 0) is 22.4 Å². The van der Waals surface area contributed by atoms with E-state index >= 15 is 0 Å². The highest BCUT2D eigenvalue weighted by Crippen LogP contribution is 2.34. The smallest absolute Gasteiger partial charge is 0.407 e. The molecule has 0 bridgehead atoms. The molecule has 1 fully saturated rings. The molecule has 7 heteroatoms. The van der Waals surface area contributed by atoms with Gasteiger partial charge in [-0.1, -0.05) is 6.42 Å². The lowest BCUT2D eigenvalue weighted by Crippen LogP contribution is -2.36. The van der Waals surface area contributed by atoms with Gasteiger partial charge in [0, 0.05) is 23.1 Å². The minimum Gasteiger partial charge on any atom is -0.444 e. The lowest BCUT2D eigenvalue weighted by molar-refractivity contribution is -0.140. The van der Waals surface area contributed by atoms with Gasteiger partial charge in [-0.05, 0) is 103 Å². The molecule has 1 amide bonds. The Hall–Kier alpha value is -2.83. The molecule has 1 saturated carbocycles. The van der Waals surface area contributed by atoms with E-state index in [0.717, 1.165) is 61.5 Å². The second-order valence-corrected chi connectivity index (χ2v) is 11.0. The van der Waals surface area contributed by atoms with Gasteiger partial charge in [-0.3, -0.25) is 4.79 Å². The molecule has 7 nitrogen and oxygen atoms in total. The van der Waals surface area contributed by atoms with Gasteiger partial charge < -0.3 is 19.2 Å². The predicted octanol–water partition coefficient (Wildman–Crippen LogP) is 5.61. The van der Waals surface area contributed by atoms with E-state index < -0.39 is 11.7 Å². The predicted molar refractivity (Wildman–Crippen MR) is 134 cm³/mol. The van der Waals surface area contributed by atoms with E-state index in [0.29, 0.717) is 42.2 Å². The van der Waals surface area contributed by atoms with Crippen LogP contribution >= 0.6 is 0 Å². The number of alkyl carbamates (subject to hydrolysis) is 1. The fraction of sp³-hybridized carbons (Fsp3) is 0.607. The molecule has 0 unspecified atom stereocenters. The average Bonchev–Trinajstić information content (AvgIpc) is 3.06. The molecule has 0 atom stereocenters. The summed E-state index contributed by atoms with van der Waals surface area (Å²) < 4.78 is 16.8. The Labute approximate surface area is 206 Å². The van der Waals surface area contributed by atoms with E-state index in [4.69, 9.17) is 13.9 Å². The van der Waals surface area contributed by atoms with Gasteiger partial charge >= 0.3 is 17.7 Å². The van der Waals surface area contributed by atoms with Crippen LogP contribution in [0, 0.1) is 18.8 Å². The van der Waals surface area contributed by atoms with E-state index in [1.807, 2.05) is 39.8 Å². The number of amides is 1. The second kappa shape index (κ2) is 10.4. The number of fused-ring (bicyclic) bond motifs is 3. The van der Waals surface area contributed by atoms with Crippen molar-refractivity contribution in [2.45, 2.75) is 91.1 Å². The van der Waals surface area contributed by atoms with Crippen LogP contribution in [0.3, 0.4) is 0 Å². The molecule has 35 heavy (non-hydrogen) atoms. The van der Waals surface area contributed by atoms with Crippen molar-refractivity contribution in [3.8, 4) is 5.75 Å². The zero-order valence-corrected chi connectivity index (χ0v) is 21.3. The maximum atomic E-state index is 12.9. The van der Waals surface area contributed by atoms with Crippen molar-refractivity contribution < 1.29 is 23.5 Å². The topological polar surface area (TPSA) is 94.8 Å². The van der Waals surface area contributed by atoms with Gasteiger partial charge in [0.05, 0.1) is 5.92 Å². The Morgan fingerprint density at radius 2 is 1.71 bits per heavy atom. The van der Waals surface area contributed by atoms with E-state index in [2.05, 4.69) is 5.32 Å². The van der Waals surface area contributed by atoms with Crippen molar-refractivity contribution in [1.82, 2.24) is 5.32 Å². The first kappa shape index (κ1) is 25.3. The maximum absolute atomic E-state index is 12.9. The average molecular weight is 484 g/mol. The number of hydrogen-bond donors (Lipinski definition) is 1. The number of nitrogens with one attached hydrogen (secondary N) is 1. The van der Waals surface area contributed by atoms with Crippen molar-refractivity contribution in [2.24, 2.45) is 11.8 Å². The molecule has 1 heterocycles. The van der Waals surface area contributed by atoms with Gasteiger partial charge in [-0.2, -0.15) is 0 Å². The molecule has 2 aliphatic carbocycles. The third-order valence-corrected chi connectivity index (χ3v) is 7.16. The monoisotopic (exact) mass is 483 g/mol. The number of hydrogen-bond acceptors (Lipinski definition) is 6.